The fraction of sp³-hybridized carbons (Fsp3) is 0.0556. The van der Waals surface area contributed by atoms with Gasteiger partial charge in [0.15, 0.2) is 11.6 Å². The van der Waals surface area contributed by atoms with E-state index in [0.29, 0.717) is 5.56 Å². The van der Waals surface area contributed by atoms with Crippen LogP contribution < -0.4 is 10.6 Å². The van der Waals surface area contributed by atoms with Gasteiger partial charge in [-0.05, 0) is 35.9 Å². The van der Waals surface area contributed by atoms with Gasteiger partial charge in [-0.15, -0.1) is 24.8 Å². The predicted molar refractivity (Wildman–Crippen MR) is 107 cm³/mol. The molecule has 0 atom stereocenters. The van der Waals surface area contributed by atoms with Crippen molar-refractivity contribution >= 4 is 53.8 Å². The molecule has 1 aromatic carbocycles. The highest BCUT2D eigenvalue weighted by Gasteiger charge is 2.20. The summed E-state index contributed by atoms with van der Waals surface area (Å²) in [6.45, 7) is 0.195. The lowest BCUT2D eigenvalue weighted by Crippen LogP contribution is -2.35. The summed E-state index contributed by atoms with van der Waals surface area (Å²) in [6, 6.07) is 7.31. The van der Waals surface area contributed by atoms with E-state index in [1.807, 2.05) is 12.1 Å². The Kier molecular flexibility index (Phi) is 6.71. The number of nitrogens with zero attached hydrogens (tertiary/aromatic N) is 2. The predicted octanol–water partition coefficient (Wildman–Crippen LogP) is 3.30. The molecular formula is C18H15Cl2F2N5O. The molecule has 10 heteroatoms. The van der Waals surface area contributed by atoms with Crippen molar-refractivity contribution < 1.29 is 13.6 Å². The molecule has 0 fully saturated rings. The Morgan fingerprint density at radius 2 is 1.96 bits per heavy atom. The molecule has 1 aliphatic rings. The van der Waals surface area contributed by atoms with Gasteiger partial charge in [0.05, 0.1) is 0 Å². The zero-order valence-corrected chi connectivity index (χ0v) is 15.8. The van der Waals surface area contributed by atoms with Crippen molar-refractivity contribution in [2.45, 2.75) is 6.54 Å². The van der Waals surface area contributed by atoms with Crippen LogP contribution in [0.25, 0.3) is 17.1 Å². The Balaban J connectivity index is 0.00000140. The summed E-state index contributed by atoms with van der Waals surface area (Å²) < 4.78 is 26.2. The van der Waals surface area contributed by atoms with E-state index >= 15 is 0 Å². The maximum absolute atomic E-state index is 13.2. The molecule has 0 aliphatic carbocycles. The van der Waals surface area contributed by atoms with Crippen LogP contribution in [0.1, 0.15) is 11.1 Å². The van der Waals surface area contributed by atoms with E-state index in [2.05, 4.69) is 25.6 Å². The number of aromatic nitrogens is 2. The van der Waals surface area contributed by atoms with Crippen LogP contribution in [0.15, 0.2) is 53.4 Å². The van der Waals surface area contributed by atoms with Crippen LogP contribution in [0.2, 0.25) is 0 Å². The summed E-state index contributed by atoms with van der Waals surface area (Å²) in [7, 11) is 0. The molecule has 0 bridgehead atoms. The third-order valence-electron chi connectivity index (χ3n) is 3.92. The monoisotopic (exact) mass is 425 g/mol. The van der Waals surface area contributed by atoms with Gasteiger partial charge < -0.3 is 10.3 Å². The van der Waals surface area contributed by atoms with Crippen molar-refractivity contribution in [1.29, 1.82) is 0 Å². The Labute approximate surface area is 171 Å². The second-order valence-corrected chi connectivity index (χ2v) is 5.69. The summed E-state index contributed by atoms with van der Waals surface area (Å²) in [5.74, 6) is -1.92. The molecule has 1 aliphatic heterocycles. The number of aromatic amines is 1. The van der Waals surface area contributed by atoms with E-state index in [9.17, 15) is 13.6 Å². The molecule has 4 rings (SSSR count). The van der Waals surface area contributed by atoms with Gasteiger partial charge in [0.25, 0.3) is 5.91 Å². The summed E-state index contributed by atoms with van der Waals surface area (Å²) in [5, 5.41) is 6.37. The minimum absolute atomic E-state index is 0. The quantitative estimate of drug-likeness (QED) is 0.563. The molecule has 3 N–H and O–H groups in total. The average molecular weight is 426 g/mol. The summed E-state index contributed by atoms with van der Waals surface area (Å²) >= 11 is 0. The van der Waals surface area contributed by atoms with Crippen molar-refractivity contribution in [3.8, 4) is 0 Å². The van der Waals surface area contributed by atoms with E-state index in [-0.39, 0.29) is 48.9 Å². The number of benzene rings is 1. The third-order valence-corrected chi connectivity index (χ3v) is 3.92. The van der Waals surface area contributed by atoms with Gasteiger partial charge in [0.2, 0.25) is 5.96 Å². The topological polar surface area (TPSA) is 82.2 Å². The van der Waals surface area contributed by atoms with E-state index < -0.39 is 11.6 Å². The molecule has 1 amide bonds. The van der Waals surface area contributed by atoms with E-state index in [4.69, 9.17) is 0 Å². The first-order valence-electron chi connectivity index (χ1n) is 7.82. The highest BCUT2D eigenvalue weighted by molar-refractivity contribution is 6.14. The number of amides is 1. The molecule has 0 spiro atoms. The van der Waals surface area contributed by atoms with Crippen molar-refractivity contribution in [1.82, 2.24) is 20.6 Å². The highest BCUT2D eigenvalue weighted by Crippen LogP contribution is 2.20. The number of rotatable bonds is 3. The Morgan fingerprint density at radius 3 is 2.75 bits per heavy atom. The normalized spacial score (nSPS) is 14.3. The molecule has 3 aromatic rings. The molecule has 6 nitrogen and oxygen atoms in total. The molecule has 3 heterocycles. The van der Waals surface area contributed by atoms with Crippen molar-refractivity contribution in [2.75, 3.05) is 0 Å². The van der Waals surface area contributed by atoms with E-state index in [0.717, 1.165) is 28.7 Å². The van der Waals surface area contributed by atoms with Gasteiger partial charge in [-0.1, -0.05) is 6.07 Å². The number of guanidine groups is 1. The van der Waals surface area contributed by atoms with Crippen LogP contribution >= 0.6 is 24.8 Å². The molecule has 0 radical (unpaired) electrons. The minimum Gasteiger partial charge on any atom is -0.352 e. The fourth-order valence-electron chi connectivity index (χ4n) is 2.63. The number of nitrogens with one attached hydrogen (secondary N) is 3. The first-order chi connectivity index (χ1) is 12.6. The van der Waals surface area contributed by atoms with Crippen LogP contribution in [-0.4, -0.2) is 21.8 Å². The van der Waals surface area contributed by atoms with Gasteiger partial charge in [0, 0.05) is 29.9 Å². The number of pyridine rings is 1. The number of halogens is 4. The zero-order chi connectivity index (χ0) is 18.1. The lowest BCUT2D eigenvalue weighted by Gasteiger charge is -2.05. The zero-order valence-electron chi connectivity index (χ0n) is 14.2. The van der Waals surface area contributed by atoms with E-state index in [1.54, 1.807) is 18.5 Å². The fourth-order valence-corrected chi connectivity index (χ4v) is 2.63. The van der Waals surface area contributed by atoms with Crippen molar-refractivity contribution in [3.05, 3.63) is 71.2 Å². The second kappa shape index (κ2) is 8.81. The van der Waals surface area contributed by atoms with Crippen LogP contribution in [0.4, 0.5) is 8.78 Å². The molecule has 0 unspecified atom stereocenters. The van der Waals surface area contributed by atoms with Gasteiger partial charge >= 0.3 is 0 Å². The summed E-state index contributed by atoms with van der Waals surface area (Å²) in [5.41, 5.74) is 2.28. The Morgan fingerprint density at radius 1 is 1.14 bits per heavy atom. The third kappa shape index (κ3) is 4.29. The average Bonchev–Trinajstić information content (AvgIpc) is 3.20. The Hall–Kier alpha value is -2.97. The number of hydrogen-bond acceptors (Lipinski definition) is 4. The summed E-state index contributed by atoms with van der Waals surface area (Å²) in [6.07, 6.45) is 5.08. The largest absolute Gasteiger partial charge is 0.352 e. The molecule has 0 saturated carbocycles. The van der Waals surface area contributed by atoms with Gasteiger partial charge in [-0.2, -0.15) is 0 Å². The Bertz CT molecular complexity index is 1080. The smallest absolute Gasteiger partial charge is 0.276 e. The first kappa shape index (κ1) is 21.3. The van der Waals surface area contributed by atoms with Crippen LogP contribution in [0.3, 0.4) is 0 Å². The molecule has 28 heavy (non-hydrogen) atoms. The molecule has 0 saturated heterocycles. The van der Waals surface area contributed by atoms with Crippen LogP contribution in [-0.2, 0) is 11.3 Å². The molecular weight excluding hydrogens is 411 g/mol. The molecule has 2 aromatic heterocycles. The number of carbonyl (C=O) groups excluding carboxylic acids is 1. The highest BCUT2D eigenvalue weighted by atomic mass is 35.5. The minimum atomic E-state index is -0.921. The maximum Gasteiger partial charge on any atom is 0.276 e. The number of hydrogen-bond donors (Lipinski definition) is 3. The lowest BCUT2D eigenvalue weighted by atomic mass is 10.2. The summed E-state index contributed by atoms with van der Waals surface area (Å²) in [4.78, 5) is 23.5. The maximum atomic E-state index is 13.2. The van der Waals surface area contributed by atoms with Gasteiger partial charge in [-0.25, -0.2) is 18.8 Å². The SMILES string of the molecule is Cl.Cl.O=C1NC(NCc2ccc(F)c(F)c2)=NC1=Cc1c[nH]c2ncccc12. The second-order valence-electron chi connectivity index (χ2n) is 5.69. The lowest BCUT2D eigenvalue weighted by molar-refractivity contribution is -0.115. The molecule has 146 valence electrons. The van der Waals surface area contributed by atoms with Gasteiger partial charge in [-0.3, -0.25) is 10.1 Å². The van der Waals surface area contributed by atoms with Gasteiger partial charge in [0.1, 0.15) is 11.3 Å². The number of aliphatic imine (C=N–C) groups is 1. The van der Waals surface area contributed by atoms with Crippen LogP contribution in [0, 0.1) is 11.6 Å². The first-order valence-corrected chi connectivity index (χ1v) is 7.82. The van der Waals surface area contributed by atoms with Crippen molar-refractivity contribution in [2.24, 2.45) is 4.99 Å². The number of carbonyl (C=O) groups is 1. The van der Waals surface area contributed by atoms with Crippen molar-refractivity contribution in [3.63, 3.8) is 0 Å². The standard InChI is InChI=1S/C18H13F2N5O.2ClH/c19-13-4-3-10(6-14(13)20)8-23-18-24-15(17(26)25-18)7-11-9-22-16-12(11)2-1-5-21-16;;/h1-7,9H,8H2,(H,21,22)(H2,23,24,25,26);2*1H. The number of H-pyrrole nitrogens is 1. The van der Waals surface area contributed by atoms with Crippen LogP contribution in [0.5, 0.6) is 0 Å². The number of fused-ring (bicyclic) bond motifs is 1. The van der Waals surface area contributed by atoms with E-state index in [1.165, 1.54) is 6.07 Å².